The van der Waals surface area contributed by atoms with E-state index in [2.05, 4.69) is 5.48 Å². The first-order valence-electron chi connectivity index (χ1n) is 6.96. The Labute approximate surface area is 124 Å². The summed E-state index contributed by atoms with van der Waals surface area (Å²) in [6.45, 7) is 2.49. The van der Waals surface area contributed by atoms with Gasteiger partial charge < -0.3 is 19.6 Å². The highest BCUT2D eigenvalue weighted by atomic mass is 16.7. The summed E-state index contributed by atoms with van der Waals surface area (Å²) in [6.07, 6.45) is -0.523. The van der Waals surface area contributed by atoms with Crippen LogP contribution in [0.4, 0.5) is 0 Å². The third-order valence-electron chi connectivity index (χ3n) is 3.94. The monoisotopic (exact) mass is 294 g/mol. The number of carbonyl (C=O) groups is 1. The van der Waals surface area contributed by atoms with Crippen molar-refractivity contribution in [2.24, 2.45) is 5.92 Å². The number of nitrogens with one attached hydrogen (secondary N) is 1. The van der Waals surface area contributed by atoms with E-state index in [-0.39, 0.29) is 17.9 Å². The molecule has 0 spiro atoms. The minimum atomic E-state index is -0.841. The Hall–Kier alpha value is -1.63. The molecule has 6 nitrogen and oxygen atoms in total. The van der Waals surface area contributed by atoms with Gasteiger partial charge in [-0.2, -0.15) is 5.48 Å². The molecule has 2 unspecified atom stereocenters. The molecule has 2 N–H and O–H groups in total. The molecular formula is C15H22N2O4. The van der Waals surface area contributed by atoms with Gasteiger partial charge in [0.15, 0.2) is 0 Å². The van der Waals surface area contributed by atoms with Crippen molar-refractivity contribution in [1.82, 2.24) is 10.4 Å². The first kappa shape index (κ1) is 15.8. The van der Waals surface area contributed by atoms with E-state index in [0.29, 0.717) is 13.0 Å². The van der Waals surface area contributed by atoms with Crippen LogP contribution >= 0.6 is 0 Å². The van der Waals surface area contributed by atoms with Crippen molar-refractivity contribution in [3.63, 3.8) is 0 Å². The number of carbonyl (C=O) groups excluding carboxylic acids is 1. The first-order chi connectivity index (χ1) is 10.1. The number of hydrogen-bond donors (Lipinski definition) is 2. The van der Waals surface area contributed by atoms with Gasteiger partial charge in [-0.05, 0) is 24.6 Å². The van der Waals surface area contributed by atoms with Gasteiger partial charge in [0.1, 0.15) is 12.0 Å². The second-order valence-electron chi connectivity index (χ2n) is 5.23. The maximum Gasteiger partial charge on any atom is 0.223 e. The number of benzene rings is 1. The lowest BCUT2D eigenvalue weighted by molar-refractivity contribution is -0.129. The van der Waals surface area contributed by atoms with Crippen molar-refractivity contribution >= 4 is 5.91 Å². The Morgan fingerprint density at radius 3 is 2.57 bits per heavy atom. The molecule has 0 radical (unpaired) electrons. The van der Waals surface area contributed by atoms with Gasteiger partial charge in [-0.3, -0.25) is 4.79 Å². The van der Waals surface area contributed by atoms with Gasteiger partial charge in [-0.15, -0.1) is 0 Å². The fourth-order valence-corrected chi connectivity index (χ4v) is 2.63. The summed E-state index contributed by atoms with van der Waals surface area (Å²) in [7, 11) is 3.06. The molecule has 1 amide bonds. The molecule has 1 aromatic rings. The molecule has 1 aliphatic rings. The van der Waals surface area contributed by atoms with Crippen LogP contribution in [-0.2, 0) is 9.63 Å². The molecule has 1 aliphatic heterocycles. The minimum absolute atomic E-state index is 0.0387. The van der Waals surface area contributed by atoms with Crippen LogP contribution in [0.2, 0.25) is 0 Å². The zero-order chi connectivity index (χ0) is 15.4. The van der Waals surface area contributed by atoms with Crippen molar-refractivity contribution in [3.05, 3.63) is 29.8 Å². The first-order valence-corrected chi connectivity index (χ1v) is 6.96. The second-order valence-corrected chi connectivity index (χ2v) is 5.23. The summed E-state index contributed by atoms with van der Waals surface area (Å²) < 4.78 is 5.14. The van der Waals surface area contributed by atoms with Crippen LogP contribution in [0.5, 0.6) is 5.75 Å². The average Bonchev–Trinajstić information content (AvgIpc) is 2.89. The zero-order valence-corrected chi connectivity index (χ0v) is 12.6. The smallest absolute Gasteiger partial charge is 0.223 e. The number of ether oxygens (including phenoxy) is 1. The number of hydroxylamine groups is 1. The van der Waals surface area contributed by atoms with Gasteiger partial charge >= 0.3 is 0 Å². The van der Waals surface area contributed by atoms with Crippen molar-refractivity contribution in [1.29, 1.82) is 0 Å². The summed E-state index contributed by atoms with van der Waals surface area (Å²) in [4.78, 5) is 18.7. The number of methoxy groups -OCH3 is 1. The summed E-state index contributed by atoms with van der Waals surface area (Å²) in [6, 6.07) is 7.63. The molecule has 1 heterocycles. The number of likely N-dealkylation sites (tertiary alicyclic amines) is 1. The van der Waals surface area contributed by atoms with Crippen LogP contribution in [0.3, 0.4) is 0 Å². The van der Waals surface area contributed by atoms with E-state index in [1.54, 1.807) is 12.0 Å². The van der Waals surface area contributed by atoms with E-state index < -0.39 is 6.23 Å². The summed E-state index contributed by atoms with van der Waals surface area (Å²) in [5.41, 5.74) is 3.52. The lowest BCUT2D eigenvalue weighted by atomic mass is 10.1. The molecule has 0 saturated carbocycles. The fraction of sp³-hybridized carbons (Fsp3) is 0.533. The van der Waals surface area contributed by atoms with E-state index in [1.165, 1.54) is 7.11 Å². The number of amides is 1. The molecule has 2 rings (SSSR count). The number of aliphatic hydroxyl groups excluding tert-OH is 1. The lowest BCUT2D eigenvalue weighted by Gasteiger charge is -2.26. The van der Waals surface area contributed by atoms with Gasteiger partial charge in [0.05, 0.1) is 20.3 Å². The van der Waals surface area contributed by atoms with Gasteiger partial charge in [-0.25, -0.2) is 0 Å². The average molecular weight is 294 g/mol. The summed E-state index contributed by atoms with van der Waals surface area (Å²) in [5, 5.41) is 9.87. The molecule has 0 aromatic heterocycles. The standard InChI is InChI=1S/C15H22N2O4/c1-10(11-4-6-13(20-2)7-5-11)17-9-12(8-14(17)18)15(19)16-21-3/h4-7,10,12,15-16,19H,8-9H2,1-3H3/t10-,12?,15?/m0/s1. The Bertz CT molecular complexity index is 477. The molecule has 1 saturated heterocycles. The quantitative estimate of drug-likeness (QED) is 0.607. The van der Waals surface area contributed by atoms with E-state index in [9.17, 15) is 9.90 Å². The highest BCUT2D eigenvalue weighted by Gasteiger charge is 2.36. The third kappa shape index (κ3) is 3.53. The van der Waals surface area contributed by atoms with Gasteiger partial charge in [0.2, 0.25) is 5.91 Å². The fourth-order valence-electron chi connectivity index (χ4n) is 2.63. The van der Waals surface area contributed by atoms with Crippen molar-refractivity contribution in [3.8, 4) is 5.75 Å². The number of rotatable bonds is 6. The maximum atomic E-state index is 12.2. The SMILES string of the molecule is CONC(O)C1CC(=O)N([C@@H](C)c2ccc(OC)cc2)C1. The lowest BCUT2D eigenvalue weighted by Crippen LogP contribution is -2.37. The summed E-state index contributed by atoms with van der Waals surface area (Å²) in [5.74, 6) is 0.662. The maximum absolute atomic E-state index is 12.2. The van der Waals surface area contributed by atoms with Crippen molar-refractivity contribution in [2.45, 2.75) is 25.6 Å². The molecule has 0 bridgehead atoms. The topological polar surface area (TPSA) is 71.0 Å². The Morgan fingerprint density at radius 1 is 1.33 bits per heavy atom. The third-order valence-corrected chi connectivity index (χ3v) is 3.94. The molecule has 1 fully saturated rings. The second kappa shape index (κ2) is 6.89. The minimum Gasteiger partial charge on any atom is -0.497 e. The van der Waals surface area contributed by atoms with Crippen LogP contribution < -0.4 is 10.2 Å². The predicted octanol–water partition coefficient (Wildman–Crippen LogP) is 1.07. The molecule has 1 aromatic carbocycles. The van der Waals surface area contributed by atoms with E-state index in [0.717, 1.165) is 11.3 Å². The predicted molar refractivity (Wildman–Crippen MR) is 77.4 cm³/mol. The largest absolute Gasteiger partial charge is 0.497 e. The van der Waals surface area contributed by atoms with Crippen molar-refractivity contribution in [2.75, 3.05) is 20.8 Å². The van der Waals surface area contributed by atoms with E-state index >= 15 is 0 Å². The van der Waals surface area contributed by atoms with Crippen LogP contribution in [0.25, 0.3) is 0 Å². The van der Waals surface area contributed by atoms with Gasteiger partial charge in [0, 0.05) is 18.9 Å². The zero-order valence-electron chi connectivity index (χ0n) is 12.6. The molecule has 21 heavy (non-hydrogen) atoms. The van der Waals surface area contributed by atoms with Crippen molar-refractivity contribution < 1.29 is 19.5 Å². The Balaban J connectivity index is 2.04. The van der Waals surface area contributed by atoms with E-state index in [1.807, 2.05) is 31.2 Å². The highest BCUT2D eigenvalue weighted by molar-refractivity contribution is 5.79. The Kier molecular flexibility index (Phi) is 5.17. The molecule has 116 valence electrons. The highest BCUT2D eigenvalue weighted by Crippen LogP contribution is 2.30. The molecule has 3 atom stereocenters. The van der Waals surface area contributed by atoms with Crippen LogP contribution in [0.1, 0.15) is 24.9 Å². The van der Waals surface area contributed by atoms with Gasteiger partial charge in [-0.1, -0.05) is 12.1 Å². The number of hydrogen-bond acceptors (Lipinski definition) is 5. The van der Waals surface area contributed by atoms with E-state index in [4.69, 9.17) is 9.57 Å². The number of nitrogens with zero attached hydrogens (tertiary/aromatic N) is 1. The Morgan fingerprint density at radius 2 is 2.00 bits per heavy atom. The van der Waals surface area contributed by atoms with Crippen LogP contribution in [-0.4, -0.2) is 42.9 Å². The van der Waals surface area contributed by atoms with Crippen LogP contribution in [0.15, 0.2) is 24.3 Å². The molecular weight excluding hydrogens is 272 g/mol. The normalized spacial score (nSPS) is 21.4. The molecule has 0 aliphatic carbocycles. The van der Waals surface area contributed by atoms with Crippen LogP contribution in [0, 0.1) is 5.92 Å². The molecule has 6 heteroatoms. The number of aliphatic hydroxyl groups is 1. The van der Waals surface area contributed by atoms with Gasteiger partial charge in [0.25, 0.3) is 0 Å². The summed E-state index contributed by atoms with van der Waals surface area (Å²) >= 11 is 0.